The van der Waals surface area contributed by atoms with Crippen molar-refractivity contribution in [1.82, 2.24) is 38.6 Å². The van der Waals surface area contributed by atoms with E-state index in [1.54, 1.807) is 31.4 Å². The summed E-state index contributed by atoms with van der Waals surface area (Å²) in [6, 6.07) is 7.06. The number of aryl methyl sites for hydroxylation is 1. The summed E-state index contributed by atoms with van der Waals surface area (Å²) >= 11 is 0. The van der Waals surface area contributed by atoms with E-state index in [2.05, 4.69) is 20.2 Å². The van der Waals surface area contributed by atoms with Crippen molar-refractivity contribution in [2.45, 2.75) is 13.1 Å². The van der Waals surface area contributed by atoms with Crippen LogP contribution in [0, 0.1) is 0 Å². The van der Waals surface area contributed by atoms with E-state index < -0.39 is 17.0 Å². The number of methoxy groups -OCH3 is 1. The topological polar surface area (TPSA) is 158 Å². The average molecular weight is 466 g/mol. The van der Waals surface area contributed by atoms with E-state index >= 15 is 0 Å². The summed E-state index contributed by atoms with van der Waals surface area (Å²) in [5.74, 6) is 0.510. The maximum atomic E-state index is 12.6. The Morgan fingerprint density at radius 1 is 1.03 bits per heavy atom. The molecule has 0 N–H and O–H groups in total. The highest BCUT2D eigenvalue weighted by Gasteiger charge is 2.18. The summed E-state index contributed by atoms with van der Waals surface area (Å²) in [4.78, 5) is 45.4. The van der Waals surface area contributed by atoms with Crippen LogP contribution in [0.3, 0.4) is 0 Å². The third kappa shape index (κ3) is 3.50. The second-order valence-electron chi connectivity index (χ2n) is 7.41. The quantitative estimate of drug-likeness (QED) is 0.326. The molecule has 4 heterocycles. The van der Waals surface area contributed by atoms with Crippen LogP contribution in [0.4, 0.5) is 0 Å². The van der Waals surface area contributed by atoms with Crippen LogP contribution in [-0.4, -0.2) is 45.7 Å². The van der Waals surface area contributed by atoms with Crippen molar-refractivity contribution < 1.29 is 13.7 Å². The zero-order valence-electron chi connectivity index (χ0n) is 18.3. The molecule has 0 spiro atoms. The highest BCUT2D eigenvalue weighted by atomic mass is 16.5. The fourth-order valence-electron chi connectivity index (χ4n) is 3.48. The molecule has 5 rings (SSSR count). The molecule has 1 aromatic carbocycles. The van der Waals surface area contributed by atoms with Gasteiger partial charge in [0.15, 0.2) is 17.0 Å². The van der Waals surface area contributed by atoms with Crippen molar-refractivity contribution in [3.05, 3.63) is 73.7 Å². The molecule has 4 aromatic heterocycles. The lowest BCUT2D eigenvalue weighted by atomic mass is 10.2. The van der Waals surface area contributed by atoms with E-state index in [1.165, 1.54) is 29.6 Å². The van der Waals surface area contributed by atoms with Gasteiger partial charge in [0.1, 0.15) is 18.8 Å². The summed E-state index contributed by atoms with van der Waals surface area (Å²) in [7, 11) is 4.46. The lowest BCUT2D eigenvalue weighted by Gasteiger charge is -2.04. The van der Waals surface area contributed by atoms with Crippen LogP contribution in [-0.2, 0) is 27.2 Å². The summed E-state index contributed by atoms with van der Waals surface area (Å²) in [6.07, 6.45) is 1.38. The third-order valence-electron chi connectivity index (χ3n) is 5.27. The molecule has 0 atom stereocenters. The molecule has 5 aromatic rings. The van der Waals surface area contributed by atoms with Crippen molar-refractivity contribution in [1.29, 1.82) is 0 Å². The van der Waals surface area contributed by atoms with Gasteiger partial charge in [0.25, 0.3) is 11.4 Å². The Hall–Kier alpha value is -4.75. The molecular formula is C20H18N8O6. The van der Waals surface area contributed by atoms with Gasteiger partial charge in [-0.2, -0.15) is 9.67 Å². The molecule has 0 saturated heterocycles. The van der Waals surface area contributed by atoms with E-state index in [-0.39, 0.29) is 41.9 Å². The number of hydrogen-bond acceptors (Lipinski definition) is 10. The minimum Gasteiger partial charge on any atom is -0.497 e. The van der Waals surface area contributed by atoms with Crippen LogP contribution in [0.15, 0.2) is 53.9 Å². The second-order valence-corrected chi connectivity index (χ2v) is 7.41. The summed E-state index contributed by atoms with van der Waals surface area (Å²) in [5, 5.41) is 8.04. The fraction of sp³-hybridized carbons (Fsp3) is 0.250. The minimum atomic E-state index is -0.726. The average Bonchev–Trinajstić information content (AvgIpc) is 3.56. The van der Waals surface area contributed by atoms with Gasteiger partial charge in [0.2, 0.25) is 5.89 Å². The minimum absolute atomic E-state index is 0.0408. The van der Waals surface area contributed by atoms with E-state index in [9.17, 15) is 14.4 Å². The van der Waals surface area contributed by atoms with Gasteiger partial charge in [-0.05, 0) is 24.3 Å². The van der Waals surface area contributed by atoms with Gasteiger partial charge in [-0.3, -0.25) is 13.9 Å². The number of ether oxygens (including phenoxy) is 1. The molecule has 174 valence electrons. The van der Waals surface area contributed by atoms with Gasteiger partial charge < -0.3 is 18.2 Å². The molecule has 34 heavy (non-hydrogen) atoms. The molecule has 0 radical (unpaired) electrons. The molecule has 14 nitrogen and oxygen atoms in total. The third-order valence-corrected chi connectivity index (χ3v) is 5.27. The molecule has 0 aliphatic carbocycles. The second kappa shape index (κ2) is 7.99. The molecule has 14 heteroatoms. The highest BCUT2D eigenvalue weighted by molar-refractivity contribution is 5.70. The number of rotatable bonds is 6. The maximum Gasteiger partial charge on any atom is 0.437 e. The van der Waals surface area contributed by atoms with E-state index in [4.69, 9.17) is 13.7 Å². The van der Waals surface area contributed by atoms with E-state index in [0.29, 0.717) is 11.3 Å². The van der Waals surface area contributed by atoms with Crippen LogP contribution >= 0.6 is 0 Å². The van der Waals surface area contributed by atoms with Crippen molar-refractivity contribution in [3.8, 4) is 17.2 Å². The molecule has 0 fully saturated rings. The lowest BCUT2D eigenvalue weighted by Crippen LogP contribution is -2.37. The maximum absolute atomic E-state index is 12.6. The van der Waals surface area contributed by atoms with Crippen LogP contribution in [0.1, 0.15) is 11.7 Å². The predicted octanol–water partition coefficient (Wildman–Crippen LogP) is -0.261. The summed E-state index contributed by atoms with van der Waals surface area (Å²) < 4.78 is 20.4. The predicted molar refractivity (Wildman–Crippen MR) is 115 cm³/mol. The molecular weight excluding hydrogens is 448 g/mol. The van der Waals surface area contributed by atoms with Gasteiger partial charge in [-0.25, -0.2) is 14.6 Å². The van der Waals surface area contributed by atoms with E-state index in [0.717, 1.165) is 9.25 Å². The molecule has 0 saturated carbocycles. The lowest BCUT2D eigenvalue weighted by molar-refractivity contribution is 0.412. The SMILES string of the molecule is COc1ccc(-c2nc(Cn3nc(Cn4cnc5c4c(=O)n(C)c(=O)n5C)oc3=O)no2)cc1. The van der Waals surface area contributed by atoms with Gasteiger partial charge in [0, 0.05) is 19.7 Å². The Morgan fingerprint density at radius 2 is 1.79 bits per heavy atom. The fourth-order valence-corrected chi connectivity index (χ4v) is 3.48. The number of nitrogens with zero attached hydrogens (tertiary/aromatic N) is 8. The molecule has 0 unspecified atom stereocenters. The largest absolute Gasteiger partial charge is 0.497 e. The Kier molecular flexibility index (Phi) is 4.96. The van der Waals surface area contributed by atoms with Gasteiger partial charge in [0.05, 0.1) is 13.4 Å². The van der Waals surface area contributed by atoms with Crippen LogP contribution < -0.4 is 21.7 Å². The van der Waals surface area contributed by atoms with Gasteiger partial charge >= 0.3 is 11.4 Å². The number of benzene rings is 1. The van der Waals surface area contributed by atoms with Crippen molar-refractivity contribution >= 4 is 11.2 Å². The Morgan fingerprint density at radius 3 is 2.53 bits per heavy atom. The Bertz CT molecular complexity index is 1680. The van der Waals surface area contributed by atoms with Crippen molar-refractivity contribution in [2.24, 2.45) is 14.1 Å². The summed E-state index contributed by atoms with van der Waals surface area (Å²) in [5.41, 5.74) is 0.0791. The van der Waals surface area contributed by atoms with Crippen molar-refractivity contribution in [2.75, 3.05) is 7.11 Å². The zero-order chi connectivity index (χ0) is 24.0. The van der Waals surface area contributed by atoms with Crippen LogP contribution in [0.5, 0.6) is 5.75 Å². The zero-order valence-corrected chi connectivity index (χ0v) is 18.3. The first-order valence-corrected chi connectivity index (χ1v) is 10.0. The number of fused-ring (bicyclic) bond motifs is 1. The first-order chi connectivity index (χ1) is 16.4. The molecule has 0 aliphatic rings. The number of hydrogen-bond donors (Lipinski definition) is 0. The van der Waals surface area contributed by atoms with Crippen molar-refractivity contribution in [3.63, 3.8) is 0 Å². The summed E-state index contributed by atoms with van der Waals surface area (Å²) in [6.45, 7) is -0.127. The first kappa shape index (κ1) is 21.1. The standard InChI is InChI=1S/C20H18N8O6/c1-25-16-15(18(29)26(2)19(25)30)27(10-21-16)9-14-23-28(20(31)33-14)8-13-22-17(34-24-13)11-4-6-12(32-3)7-5-11/h4-7,10H,8-9H2,1-3H3. The number of aromatic nitrogens is 8. The number of imidazole rings is 1. The monoisotopic (exact) mass is 466 g/mol. The van der Waals surface area contributed by atoms with Gasteiger partial charge in [-0.15, -0.1) is 5.10 Å². The normalized spacial score (nSPS) is 11.4. The first-order valence-electron chi connectivity index (χ1n) is 10.0. The molecule has 0 aliphatic heterocycles. The smallest absolute Gasteiger partial charge is 0.437 e. The van der Waals surface area contributed by atoms with E-state index in [1.807, 2.05) is 0 Å². The molecule has 0 amide bonds. The highest BCUT2D eigenvalue weighted by Crippen LogP contribution is 2.20. The van der Waals surface area contributed by atoms with Crippen LogP contribution in [0.2, 0.25) is 0 Å². The Labute approximate surface area is 189 Å². The molecule has 0 bridgehead atoms. The van der Waals surface area contributed by atoms with Crippen LogP contribution in [0.25, 0.3) is 22.6 Å². The Balaban J connectivity index is 1.39. The van der Waals surface area contributed by atoms with Gasteiger partial charge in [-0.1, -0.05) is 5.16 Å².